The summed E-state index contributed by atoms with van der Waals surface area (Å²) in [5.41, 5.74) is 1.98. The van der Waals surface area contributed by atoms with Crippen molar-refractivity contribution in [2.24, 2.45) is 0 Å². The Kier molecular flexibility index (Phi) is 2.86. The molecular weight excluding hydrogens is 253 g/mol. The molecule has 0 heterocycles. The third-order valence-electron chi connectivity index (χ3n) is 1.51. The lowest BCUT2D eigenvalue weighted by atomic mass is 10.2. The summed E-state index contributed by atoms with van der Waals surface area (Å²) in [5, 5.41) is 11.2. The molecule has 1 unspecified atom stereocenters. The Hall–Kier alpha value is -0.130. The average Bonchev–Trinajstić information content (AvgIpc) is 1.94. The molecule has 11 heavy (non-hydrogen) atoms. The number of nitrogens with one attached hydrogen (secondary N) is 1. The molecule has 0 aliphatic heterocycles. The summed E-state index contributed by atoms with van der Waals surface area (Å²) in [6.45, 7) is 1.99. The Morgan fingerprint density at radius 1 is 1.45 bits per heavy atom. The van der Waals surface area contributed by atoms with E-state index >= 15 is 0 Å². The minimum Gasteiger partial charge on any atom is -0.629 e. The number of halogens is 1. The van der Waals surface area contributed by atoms with E-state index in [1.807, 2.05) is 47.7 Å². The van der Waals surface area contributed by atoms with E-state index in [0.717, 1.165) is 14.8 Å². The zero-order valence-corrected chi connectivity index (χ0v) is 8.88. The molecule has 0 aliphatic carbocycles. The first-order valence-corrected chi connectivity index (χ1v) is 4.56. The first kappa shape index (κ1) is 8.96. The number of aryl methyl sites for hydroxylation is 1. The standard InChI is InChI=1S/C8H11INO/c1-6-3-4-7(9)8(5-6)10(2)11/h3-5,9-10H,1-2H3/q+1. The van der Waals surface area contributed by atoms with E-state index in [9.17, 15) is 5.21 Å². The molecule has 1 atom stereocenters. The van der Waals surface area contributed by atoms with Crippen LogP contribution in [0, 0.1) is 15.7 Å². The van der Waals surface area contributed by atoms with Gasteiger partial charge >= 0.3 is 22.6 Å². The normalized spacial score (nSPS) is 13.1. The van der Waals surface area contributed by atoms with Crippen LogP contribution >= 0.6 is 0 Å². The van der Waals surface area contributed by atoms with Gasteiger partial charge in [0.05, 0.1) is 7.05 Å². The minimum atomic E-state index is 0.147. The van der Waals surface area contributed by atoms with Gasteiger partial charge in [0.25, 0.3) is 0 Å². The van der Waals surface area contributed by atoms with Gasteiger partial charge in [-0.15, -0.1) is 0 Å². The molecule has 0 bridgehead atoms. The third kappa shape index (κ3) is 2.15. The van der Waals surface area contributed by atoms with Gasteiger partial charge in [-0.25, -0.2) is 0 Å². The van der Waals surface area contributed by atoms with Gasteiger partial charge < -0.3 is 10.3 Å². The van der Waals surface area contributed by atoms with Crippen LogP contribution in [0.2, 0.25) is 0 Å². The summed E-state index contributed by atoms with van der Waals surface area (Å²) in [6, 6.07) is 5.93. The van der Waals surface area contributed by atoms with Gasteiger partial charge in [0, 0.05) is 6.07 Å². The Morgan fingerprint density at radius 2 is 2.09 bits per heavy atom. The molecule has 1 N–H and O–H groups in total. The number of hydrogen-bond acceptors (Lipinski definition) is 1. The minimum absolute atomic E-state index is 0.147. The quantitative estimate of drug-likeness (QED) is 0.427. The summed E-state index contributed by atoms with van der Waals surface area (Å²) in [6.07, 6.45) is 0. The molecule has 0 aliphatic rings. The van der Waals surface area contributed by atoms with E-state index in [2.05, 4.69) is 0 Å². The molecule has 0 fully saturated rings. The maximum absolute atomic E-state index is 11.0. The molecular formula is C8H11INO+. The molecule has 0 spiro atoms. The van der Waals surface area contributed by atoms with Gasteiger partial charge in [-0.05, 0) is 18.6 Å². The monoisotopic (exact) mass is 264 g/mol. The van der Waals surface area contributed by atoms with Crippen LogP contribution < -0.4 is 27.7 Å². The van der Waals surface area contributed by atoms with Crippen LogP contribution in [0.15, 0.2) is 18.2 Å². The molecule has 1 rings (SSSR count). The van der Waals surface area contributed by atoms with Crippen molar-refractivity contribution in [3.8, 4) is 0 Å². The van der Waals surface area contributed by atoms with Crippen LogP contribution in [0.25, 0.3) is 0 Å². The van der Waals surface area contributed by atoms with Gasteiger partial charge in [0.2, 0.25) is 3.57 Å². The largest absolute Gasteiger partial charge is 0.629 e. The van der Waals surface area contributed by atoms with Gasteiger partial charge in [0.15, 0.2) is 5.69 Å². The highest BCUT2D eigenvalue weighted by Gasteiger charge is 2.09. The molecule has 0 amide bonds. The van der Waals surface area contributed by atoms with Crippen molar-refractivity contribution in [3.63, 3.8) is 0 Å². The predicted octanol–water partition coefficient (Wildman–Crippen LogP) is -2.91. The van der Waals surface area contributed by atoms with Crippen molar-refractivity contribution in [1.29, 1.82) is 0 Å². The number of rotatable bonds is 1. The number of hydroxylamine groups is 1. The first-order valence-electron chi connectivity index (χ1n) is 3.40. The van der Waals surface area contributed by atoms with Crippen LogP contribution in [0.4, 0.5) is 5.69 Å². The summed E-state index contributed by atoms with van der Waals surface area (Å²) in [4.78, 5) is 0. The molecule has 3 heteroatoms. The van der Waals surface area contributed by atoms with Crippen molar-refractivity contribution in [2.75, 3.05) is 7.05 Å². The molecule has 2 nitrogen and oxygen atoms in total. The number of benzene rings is 1. The Bertz CT molecular complexity index is 260. The second-order valence-corrected chi connectivity index (χ2v) is 3.81. The fourth-order valence-electron chi connectivity index (χ4n) is 0.919. The topological polar surface area (TPSA) is 27.5 Å². The highest BCUT2D eigenvalue weighted by Crippen LogP contribution is 2.03. The van der Waals surface area contributed by atoms with Crippen LogP contribution in [0.3, 0.4) is 0 Å². The van der Waals surface area contributed by atoms with Crippen LogP contribution in [-0.2, 0) is 0 Å². The van der Waals surface area contributed by atoms with E-state index in [1.165, 1.54) is 0 Å². The fourth-order valence-corrected chi connectivity index (χ4v) is 1.69. The van der Waals surface area contributed by atoms with Crippen LogP contribution in [0.1, 0.15) is 5.56 Å². The van der Waals surface area contributed by atoms with Crippen molar-refractivity contribution >= 4 is 5.69 Å². The van der Waals surface area contributed by atoms with Gasteiger partial charge in [-0.3, -0.25) is 0 Å². The molecule has 0 saturated heterocycles. The molecule has 0 aromatic heterocycles. The van der Waals surface area contributed by atoms with E-state index in [-0.39, 0.29) is 5.06 Å². The lowest BCUT2D eigenvalue weighted by Crippen LogP contribution is -3.35. The second-order valence-electron chi connectivity index (χ2n) is 2.56. The zero-order chi connectivity index (χ0) is 8.43. The third-order valence-corrected chi connectivity index (χ3v) is 2.53. The highest BCUT2D eigenvalue weighted by molar-refractivity contribution is 5.32. The maximum atomic E-state index is 11.0. The lowest BCUT2D eigenvalue weighted by Gasteiger charge is -2.14. The van der Waals surface area contributed by atoms with Crippen molar-refractivity contribution in [1.82, 2.24) is 0 Å². The first-order chi connectivity index (χ1) is 5.11. The Morgan fingerprint density at radius 3 is 2.55 bits per heavy atom. The molecule has 1 aromatic carbocycles. The zero-order valence-electron chi connectivity index (χ0n) is 6.55. The fraction of sp³-hybridized carbons (Fsp3) is 0.250. The number of quaternary nitrogens is 1. The highest BCUT2D eigenvalue weighted by atomic mass is 127. The van der Waals surface area contributed by atoms with Gasteiger partial charge in [-0.1, -0.05) is 6.07 Å². The van der Waals surface area contributed by atoms with Crippen molar-refractivity contribution in [2.45, 2.75) is 6.92 Å². The van der Waals surface area contributed by atoms with Crippen LogP contribution in [-0.4, -0.2) is 7.05 Å². The van der Waals surface area contributed by atoms with E-state index in [1.54, 1.807) is 7.05 Å². The smallest absolute Gasteiger partial charge is 0.303 e. The van der Waals surface area contributed by atoms with Crippen molar-refractivity contribution in [3.05, 3.63) is 32.5 Å². The van der Waals surface area contributed by atoms with Crippen molar-refractivity contribution < 1.29 is 27.7 Å². The molecule has 0 radical (unpaired) electrons. The molecule has 1 aromatic rings. The SMILES string of the molecule is Cc1ccc([IH+])c([NH+](C)[O-])c1. The Balaban J connectivity index is 3.13. The average molecular weight is 264 g/mol. The van der Waals surface area contributed by atoms with E-state index < -0.39 is 0 Å². The van der Waals surface area contributed by atoms with Crippen LogP contribution in [0.5, 0.6) is 0 Å². The summed E-state index contributed by atoms with van der Waals surface area (Å²) in [5.74, 6) is 0. The molecule has 0 saturated carbocycles. The maximum Gasteiger partial charge on any atom is 0.303 e. The van der Waals surface area contributed by atoms with E-state index in [0.29, 0.717) is 0 Å². The summed E-state index contributed by atoms with van der Waals surface area (Å²) >= 11 is 1.88. The van der Waals surface area contributed by atoms with Gasteiger partial charge in [-0.2, -0.15) is 0 Å². The summed E-state index contributed by atoms with van der Waals surface area (Å²) < 4.78 is 1.07. The Labute approximate surface area is 79.9 Å². The molecule has 60 valence electrons. The second kappa shape index (κ2) is 3.51. The predicted molar refractivity (Wildman–Crippen MR) is 41.2 cm³/mol. The summed E-state index contributed by atoms with van der Waals surface area (Å²) in [7, 11) is 1.60. The number of hydrogen-bond donors (Lipinski definition) is 1. The lowest BCUT2D eigenvalue weighted by molar-refractivity contribution is -0.756. The van der Waals surface area contributed by atoms with E-state index in [4.69, 9.17) is 0 Å². The van der Waals surface area contributed by atoms with Gasteiger partial charge in [0.1, 0.15) is 0 Å².